The van der Waals surface area contributed by atoms with Crippen LogP contribution in [0.25, 0.3) is 11.3 Å². The number of aromatic carboxylic acids is 1. The number of fused-ring (bicyclic) bond motifs is 1. The van der Waals surface area contributed by atoms with Gasteiger partial charge in [-0.2, -0.15) is 5.11 Å². The van der Waals surface area contributed by atoms with E-state index in [1.807, 2.05) is 18.2 Å². The van der Waals surface area contributed by atoms with Gasteiger partial charge in [-0.05, 0) is 17.7 Å². The molecule has 0 unspecified atom stereocenters. The van der Waals surface area contributed by atoms with Crippen LogP contribution >= 0.6 is 11.9 Å². The highest BCUT2D eigenvalue weighted by molar-refractivity contribution is 7.98. The van der Waals surface area contributed by atoms with Crippen molar-refractivity contribution in [2.75, 3.05) is 0 Å². The lowest BCUT2D eigenvalue weighted by atomic mass is 10.1. The molecule has 2 heterocycles. The third kappa shape index (κ3) is 1.80. The molecule has 0 bridgehead atoms. The van der Waals surface area contributed by atoms with Gasteiger partial charge >= 0.3 is 5.97 Å². The molecule has 0 fully saturated rings. The lowest BCUT2D eigenvalue weighted by Crippen LogP contribution is -1.96. The van der Waals surface area contributed by atoms with E-state index in [4.69, 9.17) is 9.52 Å². The fourth-order valence-corrected chi connectivity index (χ4v) is 2.42. The molecule has 0 saturated carbocycles. The van der Waals surface area contributed by atoms with Crippen LogP contribution in [-0.2, 0) is 6.54 Å². The van der Waals surface area contributed by atoms with Crippen LogP contribution in [-0.4, -0.2) is 11.1 Å². The molecule has 6 heteroatoms. The zero-order valence-electron chi connectivity index (χ0n) is 9.16. The van der Waals surface area contributed by atoms with Crippen molar-refractivity contribution in [1.29, 1.82) is 0 Å². The van der Waals surface area contributed by atoms with Gasteiger partial charge in [0.2, 0.25) is 0 Å². The maximum atomic E-state index is 11.0. The summed E-state index contributed by atoms with van der Waals surface area (Å²) < 4.78 is 9.15. The van der Waals surface area contributed by atoms with Crippen LogP contribution in [0.2, 0.25) is 0 Å². The van der Waals surface area contributed by atoms with E-state index in [1.165, 1.54) is 24.3 Å². The average molecular weight is 260 g/mol. The summed E-state index contributed by atoms with van der Waals surface area (Å²) >= 11 is 1.28. The van der Waals surface area contributed by atoms with Gasteiger partial charge in [0.15, 0.2) is 0 Å². The van der Waals surface area contributed by atoms with Gasteiger partial charge in [0, 0.05) is 22.4 Å². The smallest absolute Gasteiger partial charge is 0.339 e. The van der Waals surface area contributed by atoms with E-state index in [0.29, 0.717) is 12.3 Å². The number of carboxylic acids is 1. The molecule has 0 radical (unpaired) electrons. The van der Waals surface area contributed by atoms with E-state index in [1.54, 1.807) is 0 Å². The third-order valence-corrected chi connectivity index (χ3v) is 3.44. The minimum absolute atomic E-state index is 0.164. The lowest BCUT2D eigenvalue weighted by Gasteiger charge is -2.09. The first kappa shape index (κ1) is 11.0. The Morgan fingerprint density at radius 2 is 2.28 bits per heavy atom. The summed E-state index contributed by atoms with van der Waals surface area (Å²) in [5, 5.41) is 13.0. The number of rotatable bonds is 2. The number of hydrogen-bond acceptors (Lipinski definition) is 5. The Morgan fingerprint density at radius 3 is 3.11 bits per heavy atom. The van der Waals surface area contributed by atoms with Crippen molar-refractivity contribution in [2.45, 2.75) is 11.4 Å². The molecule has 0 amide bonds. The minimum atomic E-state index is -0.996. The van der Waals surface area contributed by atoms with E-state index < -0.39 is 5.97 Å². The standard InChI is InChI=1S/C12H8N2O3S/c15-12(16)9-3-4-17-11(9)7-1-2-8-6-13-14-18-10(8)5-7/h1-5H,6H2,(H,15,16). The van der Waals surface area contributed by atoms with Gasteiger partial charge in [-0.25, -0.2) is 4.79 Å². The Kier molecular flexibility index (Phi) is 2.64. The van der Waals surface area contributed by atoms with Gasteiger partial charge < -0.3 is 9.52 Å². The van der Waals surface area contributed by atoms with Crippen LogP contribution in [0.1, 0.15) is 15.9 Å². The molecule has 1 aliphatic rings. The zero-order chi connectivity index (χ0) is 12.5. The van der Waals surface area contributed by atoms with Gasteiger partial charge in [-0.15, -0.1) is 4.52 Å². The summed E-state index contributed by atoms with van der Waals surface area (Å²) in [5.41, 5.74) is 1.99. The lowest BCUT2D eigenvalue weighted by molar-refractivity contribution is 0.0697. The second kappa shape index (κ2) is 4.30. The first-order valence-corrected chi connectivity index (χ1v) is 6.01. The van der Waals surface area contributed by atoms with Gasteiger partial charge in [-0.1, -0.05) is 12.1 Å². The highest BCUT2D eigenvalue weighted by Crippen LogP contribution is 2.34. The summed E-state index contributed by atoms with van der Waals surface area (Å²) in [7, 11) is 0. The Labute approximate surface area is 107 Å². The minimum Gasteiger partial charge on any atom is -0.478 e. The van der Waals surface area contributed by atoms with E-state index >= 15 is 0 Å². The predicted octanol–water partition coefficient (Wildman–Crippen LogP) is 3.62. The van der Waals surface area contributed by atoms with Crippen LogP contribution in [0.15, 0.2) is 49.5 Å². The van der Waals surface area contributed by atoms with Crippen LogP contribution < -0.4 is 0 Å². The SMILES string of the molecule is O=C(O)c1ccoc1-c1ccc2c(c1)SN=NC2. The van der Waals surface area contributed by atoms with E-state index in [-0.39, 0.29) is 5.56 Å². The van der Waals surface area contributed by atoms with E-state index in [2.05, 4.69) is 9.63 Å². The fourth-order valence-electron chi connectivity index (χ4n) is 1.79. The quantitative estimate of drug-likeness (QED) is 0.837. The van der Waals surface area contributed by atoms with Crippen molar-refractivity contribution in [3.63, 3.8) is 0 Å². The molecule has 1 aromatic heterocycles. The largest absolute Gasteiger partial charge is 0.478 e. The normalized spacial score (nSPS) is 13.3. The molecule has 0 saturated heterocycles. The highest BCUT2D eigenvalue weighted by atomic mass is 32.2. The van der Waals surface area contributed by atoms with Crippen LogP contribution in [0, 0.1) is 0 Å². The molecule has 5 nitrogen and oxygen atoms in total. The van der Waals surface area contributed by atoms with Crippen molar-refractivity contribution in [2.24, 2.45) is 9.63 Å². The van der Waals surface area contributed by atoms with Crippen LogP contribution in [0.5, 0.6) is 0 Å². The number of hydrogen-bond donors (Lipinski definition) is 1. The number of furan rings is 1. The summed E-state index contributed by atoms with van der Waals surface area (Å²) in [4.78, 5) is 12.0. The molecule has 2 aromatic rings. The Balaban J connectivity index is 2.08. The monoisotopic (exact) mass is 260 g/mol. The Hall–Kier alpha value is -2.08. The molecule has 1 N–H and O–H groups in total. The van der Waals surface area contributed by atoms with Crippen LogP contribution in [0.3, 0.4) is 0 Å². The summed E-state index contributed by atoms with van der Waals surface area (Å²) in [6, 6.07) is 7.09. The maximum absolute atomic E-state index is 11.0. The number of carboxylic acid groups (broad SMARTS) is 1. The first-order chi connectivity index (χ1) is 8.75. The van der Waals surface area contributed by atoms with E-state index in [9.17, 15) is 4.79 Å². The molecule has 0 aliphatic carbocycles. The molecule has 18 heavy (non-hydrogen) atoms. The summed E-state index contributed by atoms with van der Waals surface area (Å²) in [6.07, 6.45) is 1.38. The molecule has 1 aliphatic heterocycles. The van der Waals surface area contributed by atoms with Gasteiger partial charge in [0.1, 0.15) is 11.3 Å². The van der Waals surface area contributed by atoms with Gasteiger partial charge in [0.05, 0.1) is 12.8 Å². The zero-order valence-corrected chi connectivity index (χ0v) is 9.98. The maximum Gasteiger partial charge on any atom is 0.339 e. The van der Waals surface area contributed by atoms with Gasteiger partial charge in [0.25, 0.3) is 0 Å². The molecular formula is C12H8N2O3S. The second-order valence-electron chi connectivity index (χ2n) is 3.76. The molecule has 0 atom stereocenters. The van der Waals surface area contributed by atoms with Crippen LogP contribution in [0.4, 0.5) is 0 Å². The number of benzene rings is 1. The molecule has 3 rings (SSSR count). The highest BCUT2D eigenvalue weighted by Gasteiger charge is 2.17. The predicted molar refractivity (Wildman–Crippen MR) is 65.5 cm³/mol. The number of nitrogens with zero attached hydrogens (tertiary/aromatic N) is 2. The second-order valence-corrected chi connectivity index (χ2v) is 4.55. The average Bonchev–Trinajstić information content (AvgIpc) is 2.87. The van der Waals surface area contributed by atoms with E-state index in [0.717, 1.165) is 16.0 Å². The van der Waals surface area contributed by atoms with Crippen molar-refractivity contribution in [1.82, 2.24) is 0 Å². The van der Waals surface area contributed by atoms with Crippen molar-refractivity contribution < 1.29 is 14.3 Å². The van der Waals surface area contributed by atoms with Crippen molar-refractivity contribution >= 4 is 17.9 Å². The Bertz CT molecular complexity index is 649. The topological polar surface area (TPSA) is 75.2 Å². The summed E-state index contributed by atoms with van der Waals surface area (Å²) in [6.45, 7) is 0.562. The fraction of sp³-hybridized carbons (Fsp3) is 0.0833. The molecule has 1 aromatic carbocycles. The van der Waals surface area contributed by atoms with Gasteiger partial charge in [-0.3, -0.25) is 0 Å². The molecule has 90 valence electrons. The molecule has 0 spiro atoms. The number of carbonyl (C=O) groups is 1. The first-order valence-electron chi connectivity index (χ1n) is 5.23. The van der Waals surface area contributed by atoms with Crippen molar-refractivity contribution in [3.05, 3.63) is 41.7 Å². The molecular weight excluding hydrogens is 252 g/mol. The third-order valence-electron chi connectivity index (χ3n) is 2.66. The van der Waals surface area contributed by atoms with Crippen molar-refractivity contribution in [3.8, 4) is 11.3 Å². The Morgan fingerprint density at radius 1 is 1.39 bits per heavy atom. The summed E-state index contributed by atoms with van der Waals surface area (Å²) in [5.74, 6) is -0.628.